The Balaban J connectivity index is 0.963. The van der Waals surface area contributed by atoms with Crippen molar-refractivity contribution < 1.29 is 0 Å². The number of nitrogens with zero attached hydrogens (tertiary/aromatic N) is 3. The van der Waals surface area contributed by atoms with E-state index in [2.05, 4.69) is 212 Å². The Morgan fingerprint density at radius 3 is 1.37 bits per heavy atom. The minimum atomic E-state index is 0.711. The van der Waals surface area contributed by atoms with E-state index in [0.717, 1.165) is 66.8 Å². The van der Waals surface area contributed by atoms with Crippen LogP contribution in [0.2, 0.25) is 0 Å². The number of hydrogen-bond acceptors (Lipinski definition) is 3. The first kappa shape index (κ1) is 34.1. The predicted octanol–water partition coefficient (Wildman–Crippen LogP) is 15.1. The van der Waals surface area contributed by atoms with Crippen LogP contribution in [0.5, 0.6) is 0 Å². The Kier molecular flexibility index (Phi) is 7.85. The van der Waals surface area contributed by atoms with Crippen LogP contribution in [0.25, 0.3) is 121 Å². The molecule has 0 N–H and O–H groups in total. The van der Waals surface area contributed by atoms with Crippen LogP contribution in [-0.4, -0.2) is 15.0 Å². The van der Waals surface area contributed by atoms with Gasteiger partial charge in [-0.05, 0) is 66.3 Å². The van der Waals surface area contributed by atoms with Crippen molar-refractivity contribution in [3.05, 3.63) is 212 Å². The van der Waals surface area contributed by atoms with Gasteiger partial charge in [-0.15, -0.1) is 0 Å². The van der Waals surface area contributed by atoms with Crippen molar-refractivity contribution in [1.29, 1.82) is 0 Å². The summed E-state index contributed by atoms with van der Waals surface area (Å²) in [6.45, 7) is 0. The van der Waals surface area contributed by atoms with Gasteiger partial charge in [-0.2, -0.15) is 0 Å². The van der Waals surface area contributed by atoms with Crippen LogP contribution >= 0.6 is 0 Å². The largest absolute Gasteiger partial charge is 0.247 e. The van der Waals surface area contributed by atoms with E-state index in [4.69, 9.17) is 15.0 Å². The summed E-state index contributed by atoms with van der Waals surface area (Å²) in [6, 6.07) is 75.6. The zero-order chi connectivity index (χ0) is 39.6. The first-order valence-electron chi connectivity index (χ1n) is 20.4. The van der Waals surface area contributed by atoms with Gasteiger partial charge in [-0.25, -0.2) is 15.0 Å². The second kappa shape index (κ2) is 13.8. The highest BCUT2D eigenvalue weighted by Crippen LogP contribution is 2.43. The number of hydrogen-bond donors (Lipinski definition) is 0. The van der Waals surface area contributed by atoms with Gasteiger partial charge in [-0.1, -0.05) is 200 Å². The molecule has 0 saturated heterocycles. The number of benzene rings is 10. The molecule has 0 atom stereocenters. The molecule has 12 rings (SSSR count). The summed E-state index contributed by atoms with van der Waals surface area (Å²) in [6.07, 6.45) is 0. The fraction of sp³-hybridized carbons (Fsp3) is 0. The molecule has 0 bridgehead atoms. The Hall–Kier alpha value is -8.01. The zero-order valence-electron chi connectivity index (χ0n) is 32.5. The molecule has 3 nitrogen and oxygen atoms in total. The van der Waals surface area contributed by atoms with E-state index >= 15 is 0 Å². The molecule has 0 aliphatic carbocycles. The Morgan fingerprint density at radius 2 is 0.717 bits per heavy atom. The van der Waals surface area contributed by atoms with Gasteiger partial charge >= 0.3 is 0 Å². The fourth-order valence-electron chi connectivity index (χ4n) is 9.21. The molecule has 0 unspecified atom stereocenters. The number of fused-ring (bicyclic) bond motifs is 10. The van der Waals surface area contributed by atoms with Gasteiger partial charge in [-0.3, -0.25) is 0 Å². The van der Waals surface area contributed by atoms with E-state index in [9.17, 15) is 0 Å². The maximum Gasteiger partial charge on any atom is 0.161 e. The maximum atomic E-state index is 5.36. The van der Waals surface area contributed by atoms with E-state index in [-0.39, 0.29) is 0 Å². The van der Waals surface area contributed by atoms with Crippen LogP contribution in [0.1, 0.15) is 0 Å². The average molecular weight is 762 g/mol. The third kappa shape index (κ3) is 5.55. The van der Waals surface area contributed by atoms with Gasteiger partial charge in [0.15, 0.2) is 5.82 Å². The minimum Gasteiger partial charge on any atom is -0.247 e. The van der Waals surface area contributed by atoms with Gasteiger partial charge < -0.3 is 0 Å². The molecule has 60 heavy (non-hydrogen) atoms. The van der Waals surface area contributed by atoms with E-state index < -0.39 is 0 Å². The van der Waals surface area contributed by atoms with Crippen molar-refractivity contribution in [2.24, 2.45) is 0 Å². The smallest absolute Gasteiger partial charge is 0.161 e. The first-order chi connectivity index (χ1) is 29.7. The Labute approximate surface area is 346 Å². The summed E-state index contributed by atoms with van der Waals surface area (Å²) in [5.74, 6) is 0.711. The molecule has 0 spiro atoms. The summed E-state index contributed by atoms with van der Waals surface area (Å²) >= 11 is 0. The van der Waals surface area contributed by atoms with Crippen LogP contribution in [0.15, 0.2) is 212 Å². The van der Waals surface area contributed by atoms with Crippen LogP contribution in [0, 0.1) is 0 Å². The number of aromatic nitrogens is 3. The summed E-state index contributed by atoms with van der Waals surface area (Å²) < 4.78 is 0. The lowest BCUT2D eigenvalue weighted by Gasteiger charge is -2.16. The molecule has 0 aliphatic rings. The third-order valence-electron chi connectivity index (χ3n) is 12.1. The molecular weight excluding hydrogens is 727 g/mol. The van der Waals surface area contributed by atoms with Crippen molar-refractivity contribution in [2.45, 2.75) is 0 Å². The lowest BCUT2D eigenvalue weighted by Crippen LogP contribution is -1.97. The lowest BCUT2D eigenvalue weighted by molar-refractivity contribution is 1.19. The van der Waals surface area contributed by atoms with E-state index in [1.54, 1.807) is 0 Å². The topological polar surface area (TPSA) is 38.7 Å². The standard InChI is InChI=1S/C57H35N3/c1-3-17-42-38(13-1)15-11-24-46(42)53-35-52(59-57(60-53)49-25-12-16-39-14-2-4-18-43(39)49)40-31-27-36(28-32-40)37-29-33-41(34-30-37)56-55-48-22-8-6-20-45(48)44-19-5-7-21-47(44)54(55)50-23-9-10-26-51(50)58-56/h1-35H. The van der Waals surface area contributed by atoms with Crippen LogP contribution in [0.3, 0.4) is 0 Å². The minimum absolute atomic E-state index is 0.711. The summed E-state index contributed by atoms with van der Waals surface area (Å²) in [5, 5.41) is 13.2. The highest BCUT2D eigenvalue weighted by molar-refractivity contribution is 6.33. The van der Waals surface area contributed by atoms with E-state index in [1.165, 1.54) is 48.5 Å². The molecule has 10 aromatic carbocycles. The van der Waals surface area contributed by atoms with Crippen molar-refractivity contribution in [3.8, 4) is 56.3 Å². The van der Waals surface area contributed by atoms with E-state index in [1.807, 2.05) is 0 Å². The van der Waals surface area contributed by atoms with Crippen molar-refractivity contribution in [1.82, 2.24) is 15.0 Å². The summed E-state index contributed by atoms with van der Waals surface area (Å²) in [5.41, 5.74) is 10.3. The molecular formula is C57H35N3. The molecule has 3 heteroatoms. The molecule has 278 valence electrons. The van der Waals surface area contributed by atoms with Crippen LogP contribution in [-0.2, 0) is 0 Å². The Bertz CT molecular complexity index is 3540. The normalized spacial score (nSPS) is 11.7. The molecule has 2 heterocycles. The van der Waals surface area contributed by atoms with E-state index in [0.29, 0.717) is 5.82 Å². The average Bonchev–Trinajstić information content (AvgIpc) is 3.33. The van der Waals surface area contributed by atoms with Gasteiger partial charge in [0.2, 0.25) is 0 Å². The number of rotatable bonds is 5. The molecule has 0 amide bonds. The third-order valence-corrected chi connectivity index (χ3v) is 12.1. The van der Waals surface area contributed by atoms with Gasteiger partial charge in [0.05, 0.1) is 22.6 Å². The lowest BCUT2D eigenvalue weighted by atomic mass is 9.89. The monoisotopic (exact) mass is 761 g/mol. The fourth-order valence-corrected chi connectivity index (χ4v) is 9.21. The van der Waals surface area contributed by atoms with Crippen molar-refractivity contribution >= 4 is 64.8 Å². The predicted molar refractivity (Wildman–Crippen MR) is 252 cm³/mol. The van der Waals surface area contributed by atoms with Crippen molar-refractivity contribution in [3.63, 3.8) is 0 Å². The van der Waals surface area contributed by atoms with Crippen LogP contribution < -0.4 is 0 Å². The molecule has 0 aliphatic heterocycles. The highest BCUT2D eigenvalue weighted by atomic mass is 14.9. The molecule has 0 radical (unpaired) electrons. The molecule has 0 fully saturated rings. The molecule has 12 aromatic rings. The SMILES string of the molecule is c1ccc2c(-c3cc(-c4ccc(-c5ccc(-c6nc7ccccc7c7c8ccccc8c8ccccc8c67)cc5)cc4)nc(-c4cccc5ccccc45)n3)cccc2c1. The highest BCUT2D eigenvalue weighted by Gasteiger charge is 2.18. The van der Waals surface area contributed by atoms with Gasteiger partial charge in [0.25, 0.3) is 0 Å². The maximum absolute atomic E-state index is 5.36. The number of para-hydroxylation sites is 1. The summed E-state index contributed by atoms with van der Waals surface area (Å²) in [4.78, 5) is 15.9. The number of pyridine rings is 1. The Morgan fingerprint density at radius 1 is 0.267 bits per heavy atom. The zero-order valence-corrected chi connectivity index (χ0v) is 32.5. The molecule has 0 saturated carbocycles. The molecule has 2 aromatic heterocycles. The van der Waals surface area contributed by atoms with Crippen LogP contribution in [0.4, 0.5) is 0 Å². The van der Waals surface area contributed by atoms with Gasteiger partial charge in [0, 0.05) is 38.4 Å². The quantitative estimate of drug-likeness (QED) is 0.164. The first-order valence-corrected chi connectivity index (χ1v) is 20.4. The second-order valence-electron chi connectivity index (χ2n) is 15.5. The summed E-state index contributed by atoms with van der Waals surface area (Å²) in [7, 11) is 0. The second-order valence-corrected chi connectivity index (χ2v) is 15.5. The van der Waals surface area contributed by atoms with Crippen molar-refractivity contribution in [2.75, 3.05) is 0 Å². The van der Waals surface area contributed by atoms with Gasteiger partial charge in [0.1, 0.15) is 0 Å².